The predicted molar refractivity (Wildman–Crippen MR) is 54.3 cm³/mol. The van der Waals surface area contributed by atoms with Crippen molar-refractivity contribution in [2.75, 3.05) is 0 Å². The average Bonchev–Trinajstić information content (AvgIpc) is 2.04. The van der Waals surface area contributed by atoms with Gasteiger partial charge < -0.3 is 0 Å². The van der Waals surface area contributed by atoms with Crippen LogP contribution in [0.25, 0.3) is 10.8 Å². The zero-order chi connectivity index (χ0) is 8.55. The van der Waals surface area contributed by atoms with Crippen molar-refractivity contribution in [2.24, 2.45) is 0 Å². The van der Waals surface area contributed by atoms with Crippen molar-refractivity contribution in [1.29, 1.82) is 0 Å². The van der Waals surface area contributed by atoms with E-state index in [1.54, 1.807) is 6.07 Å². The van der Waals surface area contributed by atoms with Crippen LogP contribution in [-0.4, -0.2) is 7.85 Å². The van der Waals surface area contributed by atoms with Crippen molar-refractivity contribution >= 4 is 35.7 Å². The Kier molecular flexibility index (Phi) is 1.82. The van der Waals surface area contributed by atoms with Gasteiger partial charge in [0.2, 0.25) is 0 Å². The lowest BCUT2D eigenvalue weighted by Gasteiger charge is -2.02. The van der Waals surface area contributed by atoms with Crippen molar-refractivity contribution in [1.82, 2.24) is 0 Å². The Balaban J connectivity index is 2.89. The van der Waals surface area contributed by atoms with Crippen LogP contribution in [0.4, 0.5) is 0 Å². The minimum absolute atomic E-state index is 0.686. The van der Waals surface area contributed by atoms with Crippen LogP contribution in [0.2, 0.25) is 5.02 Å². The van der Waals surface area contributed by atoms with Crippen LogP contribution < -0.4 is 5.46 Å². The van der Waals surface area contributed by atoms with Gasteiger partial charge in [0.1, 0.15) is 7.85 Å². The number of halogens is 1. The molecule has 0 aliphatic rings. The van der Waals surface area contributed by atoms with Crippen LogP contribution in [0, 0.1) is 0 Å². The van der Waals surface area contributed by atoms with Crippen LogP contribution in [-0.2, 0) is 0 Å². The van der Waals surface area contributed by atoms with Crippen molar-refractivity contribution < 1.29 is 0 Å². The average molecular weight is 172 g/mol. The van der Waals surface area contributed by atoms with Gasteiger partial charge in [0.15, 0.2) is 0 Å². The maximum Gasteiger partial charge on any atom is 0.114 e. The van der Waals surface area contributed by atoms with E-state index in [4.69, 9.17) is 19.4 Å². The molecule has 2 aromatic carbocycles. The minimum Gasteiger partial charge on any atom is -0.0875 e. The molecule has 56 valence electrons. The standard InChI is InChI=1S/C10H6BCl/c11-10-6-8(12)5-7-3-1-2-4-9(7)10/h1-6H. The third-order valence-corrected chi connectivity index (χ3v) is 2.08. The summed E-state index contributed by atoms with van der Waals surface area (Å²) < 4.78 is 0. The Morgan fingerprint density at radius 2 is 1.83 bits per heavy atom. The zero-order valence-corrected chi connectivity index (χ0v) is 7.18. The molecule has 0 aliphatic carbocycles. The van der Waals surface area contributed by atoms with Gasteiger partial charge >= 0.3 is 0 Å². The van der Waals surface area contributed by atoms with E-state index in [0.717, 1.165) is 16.2 Å². The molecule has 0 fully saturated rings. The minimum atomic E-state index is 0.686. The summed E-state index contributed by atoms with van der Waals surface area (Å²) in [5, 5.41) is 2.83. The molecule has 0 heterocycles. The van der Waals surface area contributed by atoms with Gasteiger partial charge in [0.25, 0.3) is 0 Å². The number of benzene rings is 2. The lowest BCUT2D eigenvalue weighted by molar-refractivity contribution is 1.78. The molecule has 0 saturated heterocycles. The molecule has 2 radical (unpaired) electrons. The summed E-state index contributed by atoms with van der Waals surface area (Å²) in [6, 6.07) is 11.6. The largest absolute Gasteiger partial charge is 0.114 e. The van der Waals surface area contributed by atoms with Crippen molar-refractivity contribution in [3.63, 3.8) is 0 Å². The van der Waals surface area contributed by atoms with Gasteiger partial charge in [0, 0.05) is 5.02 Å². The highest BCUT2D eigenvalue weighted by Gasteiger charge is 1.96. The molecule has 2 heteroatoms. The summed E-state index contributed by atoms with van der Waals surface area (Å²) in [5.74, 6) is 0. The molecule has 0 saturated carbocycles. The van der Waals surface area contributed by atoms with E-state index in [0.29, 0.717) is 5.02 Å². The summed E-state index contributed by atoms with van der Waals surface area (Å²) in [4.78, 5) is 0. The first-order valence-electron chi connectivity index (χ1n) is 3.71. The van der Waals surface area contributed by atoms with E-state index in [2.05, 4.69) is 0 Å². The molecular formula is C10H6BCl. The quantitative estimate of drug-likeness (QED) is 0.535. The maximum atomic E-state index is 5.84. The molecule has 0 amide bonds. The summed E-state index contributed by atoms with van der Waals surface area (Å²) >= 11 is 5.84. The summed E-state index contributed by atoms with van der Waals surface area (Å²) in [7, 11) is 5.77. The number of hydrogen-bond donors (Lipinski definition) is 0. The molecule has 0 spiro atoms. The van der Waals surface area contributed by atoms with Crippen LogP contribution in [0.3, 0.4) is 0 Å². The highest BCUT2D eigenvalue weighted by molar-refractivity contribution is 6.41. The molecule has 0 aliphatic heterocycles. The first-order valence-corrected chi connectivity index (χ1v) is 4.09. The topological polar surface area (TPSA) is 0 Å². The summed E-state index contributed by atoms with van der Waals surface area (Å²) in [6.45, 7) is 0. The monoisotopic (exact) mass is 172 g/mol. The van der Waals surface area contributed by atoms with Gasteiger partial charge in [-0.1, -0.05) is 41.3 Å². The van der Waals surface area contributed by atoms with Gasteiger partial charge in [0.05, 0.1) is 0 Å². The van der Waals surface area contributed by atoms with E-state index < -0.39 is 0 Å². The molecule has 0 bridgehead atoms. The van der Waals surface area contributed by atoms with Crippen LogP contribution in [0.1, 0.15) is 0 Å². The van der Waals surface area contributed by atoms with Crippen LogP contribution in [0.15, 0.2) is 36.4 Å². The third kappa shape index (κ3) is 1.21. The Morgan fingerprint density at radius 3 is 2.67 bits per heavy atom. The molecule has 0 aromatic heterocycles. The molecule has 0 atom stereocenters. The lowest BCUT2D eigenvalue weighted by Crippen LogP contribution is -2.02. The van der Waals surface area contributed by atoms with Gasteiger partial charge in [-0.25, -0.2) is 0 Å². The molecule has 0 N–H and O–H groups in total. The smallest absolute Gasteiger partial charge is 0.0875 e. The van der Waals surface area contributed by atoms with Crippen LogP contribution >= 0.6 is 11.6 Å². The number of hydrogen-bond acceptors (Lipinski definition) is 0. The molecular weight excluding hydrogens is 166 g/mol. The second-order valence-corrected chi connectivity index (χ2v) is 3.15. The first kappa shape index (κ1) is 7.69. The highest BCUT2D eigenvalue weighted by atomic mass is 35.5. The highest BCUT2D eigenvalue weighted by Crippen LogP contribution is 2.16. The van der Waals surface area contributed by atoms with Gasteiger partial charge in [-0.05, 0) is 22.9 Å². The van der Waals surface area contributed by atoms with Gasteiger partial charge in [-0.2, -0.15) is 0 Å². The second kappa shape index (κ2) is 2.83. The summed E-state index contributed by atoms with van der Waals surface area (Å²) in [6.07, 6.45) is 0. The van der Waals surface area contributed by atoms with E-state index in [1.165, 1.54) is 0 Å². The van der Waals surface area contributed by atoms with Crippen molar-refractivity contribution in [2.45, 2.75) is 0 Å². The normalized spacial score (nSPS) is 10.4. The second-order valence-electron chi connectivity index (χ2n) is 2.72. The van der Waals surface area contributed by atoms with E-state index >= 15 is 0 Å². The van der Waals surface area contributed by atoms with E-state index in [9.17, 15) is 0 Å². The Morgan fingerprint density at radius 1 is 1.08 bits per heavy atom. The fourth-order valence-electron chi connectivity index (χ4n) is 1.30. The fraction of sp³-hybridized carbons (Fsp3) is 0. The molecule has 0 unspecified atom stereocenters. The number of fused-ring (bicyclic) bond motifs is 1. The van der Waals surface area contributed by atoms with Gasteiger partial charge in [-0.15, -0.1) is 0 Å². The van der Waals surface area contributed by atoms with E-state index in [-0.39, 0.29) is 0 Å². The Hall–Kier alpha value is -0.945. The van der Waals surface area contributed by atoms with Crippen LogP contribution in [0.5, 0.6) is 0 Å². The lowest BCUT2D eigenvalue weighted by atomic mass is 9.90. The van der Waals surface area contributed by atoms with E-state index in [1.807, 2.05) is 30.3 Å². The van der Waals surface area contributed by atoms with Crippen molar-refractivity contribution in [3.05, 3.63) is 41.4 Å². The molecule has 2 rings (SSSR count). The Labute approximate surface area is 77.6 Å². The maximum absolute atomic E-state index is 5.84. The summed E-state index contributed by atoms with van der Waals surface area (Å²) in [5.41, 5.74) is 0.734. The molecule has 12 heavy (non-hydrogen) atoms. The van der Waals surface area contributed by atoms with Crippen molar-refractivity contribution in [3.8, 4) is 0 Å². The van der Waals surface area contributed by atoms with Gasteiger partial charge in [-0.3, -0.25) is 0 Å². The predicted octanol–water partition coefficient (Wildman–Crippen LogP) is 2.29. The number of rotatable bonds is 0. The first-order chi connectivity index (χ1) is 5.77. The zero-order valence-electron chi connectivity index (χ0n) is 6.42. The molecule has 2 aromatic rings. The Bertz CT molecular complexity index is 423. The third-order valence-electron chi connectivity index (χ3n) is 1.86. The fourth-order valence-corrected chi connectivity index (χ4v) is 1.54. The molecule has 0 nitrogen and oxygen atoms in total. The SMILES string of the molecule is [B]c1cc(Cl)cc2ccccc12.